The number of benzene rings is 1. The van der Waals surface area contributed by atoms with Crippen LogP contribution in [0.15, 0.2) is 61.1 Å². The van der Waals surface area contributed by atoms with Crippen LogP contribution in [0.1, 0.15) is 0 Å². The number of nitrogens with zero attached hydrogens (tertiary/aromatic N) is 4. The summed E-state index contributed by atoms with van der Waals surface area (Å²) in [6.45, 7) is 0. The van der Waals surface area contributed by atoms with Crippen LogP contribution in [0, 0.1) is 0 Å². The molecule has 0 radical (unpaired) electrons. The maximum absolute atomic E-state index is 4.58. The molecule has 0 spiro atoms. The molecule has 4 aromatic rings. The number of nitrogens with one attached hydrogen (secondary N) is 1. The normalized spacial score (nSPS) is 11.0. The van der Waals surface area contributed by atoms with Crippen LogP contribution < -0.4 is 0 Å². The highest BCUT2D eigenvalue weighted by Crippen LogP contribution is 2.19. The zero-order chi connectivity index (χ0) is 13.4. The van der Waals surface area contributed by atoms with E-state index in [2.05, 4.69) is 20.1 Å². The van der Waals surface area contributed by atoms with Crippen molar-refractivity contribution in [2.24, 2.45) is 0 Å². The minimum Gasteiger partial charge on any atom is -0.343 e. The molecule has 1 aromatic carbocycles. The molecule has 0 fully saturated rings. The lowest BCUT2D eigenvalue weighted by molar-refractivity contribution is 0.934. The van der Waals surface area contributed by atoms with Gasteiger partial charge in [0, 0.05) is 18.0 Å². The van der Waals surface area contributed by atoms with Gasteiger partial charge in [0.1, 0.15) is 5.69 Å². The molecule has 0 amide bonds. The highest BCUT2D eigenvalue weighted by Gasteiger charge is 2.07. The predicted octanol–water partition coefficient (Wildman–Crippen LogP) is 2.79. The van der Waals surface area contributed by atoms with E-state index in [-0.39, 0.29) is 0 Å². The first-order chi connectivity index (χ1) is 9.90. The van der Waals surface area contributed by atoms with Gasteiger partial charge in [-0.25, -0.2) is 14.5 Å². The first-order valence-electron chi connectivity index (χ1n) is 6.32. The summed E-state index contributed by atoms with van der Waals surface area (Å²) >= 11 is 0. The van der Waals surface area contributed by atoms with Crippen molar-refractivity contribution >= 4 is 5.65 Å². The number of hydrogen-bond donors (Lipinski definition) is 1. The molecule has 96 valence electrons. The van der Waals surface area contributed by atoms with Crippen molar-refractivity contribution in [2.75, 3.05) is 0 Å². The van der Waals surface area contributed by atoms with Crippen molar-refractivity contribution < 1.29 is 0 Å². The predicted molar refractivity (Wildman–Crippen MR) is 76.0 cm³/mol. The summed E-state index contributed by atoms with van der Waals surface area (Å²) < 4.78 is 1.78. The average molecular weight is 261 g/mol. The Bertz CT molecular complexity index is 847. The van der Waals surface area contributed by atoms with E-state index in [1.807, 2.05) is 48.7 Å². The third-order valence-electron chi connectivity index (χ3n) is 3.13. The molecule has 0 saturated heterocycles. The second-order valence-corrected chi connectivity index (χ2v) is 4.45. The van der Waals surface area contributed by atoms with Gasteiger partial charge in [-0.15, -0.1) is 0 Å². The number of aromatic amines is 1. The fourth-order valence-corrected chi connectivity index (χ4v) is 2.16. The van der Waals surface area contributed by atoms with Crippen LogP contribution in [0.5, 0.6) is 0 Å². The van der Waals surface area contributed by atoms with Crippen molar-refractivity contribution in [1.82, 2.24) is 24.6 Å². The molecule has 3 heterocycles. The fourth-order valence-electron chi connectivity index (χ4n) is 2.16. The molecule has 0 bridgehead atoms. The highest BCUT2D eigenvalue weighted by atomic mass is 15.3. The van der Waals surface area contributed by atoms with Gasteiger partial charge in [-0.2, -0.15) is 5.10 Å². The molecule has 5 heteroatoms. The topological polar surface area (TPSA) is 58.9 Å². The van der Waals surface area contributed by atoms with Crippen LogP contribution in [0.4, 0.5) is 0 Å². The van der Waals surface area contributed by atoms with Crippen LogP contribution in [0.3, 0.4) is 0 Å². The first-order valence-corrected chi connectivity index (χ1v) is 6.32. The van der Waals surface area contributed by atoms with E-state index in [0.717, 1.165) is 28.4 Å². The van der Waals surface area contributed by atoms with Gasteiger partial charge >= 0.3 is 0 Å². The Morgan fingerprint density at radius 2 is 1.85 bits per heavy atom. The summed E-state index contributed by atoms with van der Waals surface area (Å²) in [4.78, 5) is 11.8. The molecule has 0 unspecified atom stereocenters. The van der Waals surface area contributed by atoms with Crippen molar-refractivity contribution in [1.29, 1.82) is 0 Å². The quantitative estimate of drug-likeness (QED) is 0.603. The third-order valence-corrected chi connectivity index (χ3v) is 3.13. The minimum atomic E-state index is 0.752. The number of imidazole rings is 2. The molecule has 0 atom stereocenters. The Kier molecular flexibility index (Phi) is 2.35. The molecule has 4 rings (SSSR count). The molecule has 0 aliphatic heterocycles. The number of H-pyrrole nitrogens is 1. The Balaban J connectivity index is 1.84. The van der Waals surface area contributed by atoms with Crippen molar-refractivity contribution in [3.8, 4) is 22.8 Å². The SMILES string of the molecule is c1ccc(-c2cn3nc(-c4ncc[nH]4)ccc3n2)cc1. The lowest BCUT2D eigenvalue weighted by Gasteiger charge is -1.96. The third kappa shape index (κ3) is 1.76. The highest BCUT2D eigenvalue weighted by molar-refractivity contribution is 5.63. The van der Waals surface area contributed by atoms with Gasteiger partial charge in [0.25, 0.3) is 0 Å². The zero-order valence-corrected chi connectivity index (χ0v) is 10.6. The maximum atomic E-state index is 4.58. The molecule has 5 nitrogen and oxygen atoms in total. The van der Waals surface area contributed by atoms with Crippen LogP contribution >= 0.6 is 0 Å². The summed E-state index contributed by atoms with van der Waals surface area (Å²) in [6, 6.07) is 13.9. The van der Waals surface area contributed by atoms with Crippen molar-refractivity contribution in [3.05, 3.63) is 61.1 Å². The molecule has 0 aliphatic carbocycles. The standard InChI is InChI=1S/C15H11N5/c1-2-4-11(5-3-1)13-10-20-14(18-13)7-6-12(19-20)15-16-8-9-17-15/h1-10H,(H,16,17). The molecule has 0 saturated carbocycles. The van der Waals surface area contributed by atoms with Crippen molar-refractivity contribution in [3.63, 3.8) is 0 Å². The number of hydrogen-bond acceptors (Lipinski definition) is 3. The fraction of sp³-hybridized carbons (Fsp3) is 0. The summed E-state index contributed by atoms with van der Waals surface area (Å²) in [5, 5.41) is 4.52. The second kappa shape index (κ2) is 4.31. The Hall–Kier alpha value is -2.95. The van der Waals surface area contributed by atoms with Gasteiger partial charge < -0.3 is 4.98 Å². The van der Waals surface area contributed by atoms with E-state index >= 15 is 0 Å². The molecular formula is C15H11N5. The number of aromatic nitrogens is 5. The Labute approximate surface area is 115 Å². The largest absolute Gasteiger partial charge is 0.343 e. The summed E-state index contributed by atoms with van der Waals surface area (Å²) in [7, 11) is 0. The lowest BCUT2D eigenvalue weighted by Crippen LogP contribution is -1.93. The van der Waals surface area contributed by atoms with E-state index in [0.29, 0.717) is 0 Å². The van der Waals surface area contributed by atoms with Gasteiger partial charge in [0.2, 0.25) is 0 Å². The number of rotatable bonds is 2. The summed E-state index contributed by atoms with van der Waals surface area (Å²) in [5.74, 6) is 0.752. The van der Waals surface area contributed by atoms with Gasteiger partial charge in [-0.05, 0) is 12.1 Å². The molecule has 0 aliphatic rings. The van der Waals surface area contributed by atoms with E-state index in [4.69, 9.17) is 0 Å². The summed E-state index contributed by atoms with van der Waals surface area (Å²) in [5.41, 5.74) is 3.60. The second-order valence-electron chi connectivity index (χ2n) is 4.45. The van der Waals surface area contributed by atoms with Crippen LogP contribution in [-0.2, 0) is 0 Å². The van der Waals surface area contributed by atoms with Crippen LogP contribution in [-0.4, -0.2) is 24.6 Å². The van der Waals surface area contributed by atoms with Crippen LogP contribution in [0.25, 0.3) is 28.4 Å². The van der Waals surface area contributed by atoms with E-state index in [9.17, 15) is 0 Å². The number of fused-ring (bicyclic) bond motifs is 1. The zero-order valence-electron chi connectivity index (χ0n) is 10.6. The molecule has 20 heavy (non-hydrogen) atoms. The average Bonchev–Trinajstić information content (AvgIpc) is 3.16. The van der Waals surface area contributed by atoms with Gasteiger partial charge in [-0.3, -0.25) is 0 Å². The van der Waals surface area contributed by atoms with Crippen LogP contribution in [0.2, 0.25) is 0 Å². The van der Waals surface area contributed by atoms with E-state index in [1.165, 1.54) is 0 Å². The van der Waals surface area contributed by atoms with Gasteiger partial charge in [-0.1, -0.05) is 30.3 Å². The smallest absolute Gasteiger partial charge is 0.157 e. The first kappa shape index (κ1) is 10.9. The summed E-state index contributed by atoms with van der Waals surface area (Å²) in [6.07, 6.45) is 5.42. The molecular weight excluding hydrogens is 250 g/mol. The Morgan fingerprint density at radius 1 is 0.950 bits per heavy atom. The van der Waals surface area contributed by atoms with E-state index in [1.54, 1.807) is 16.9 Å². The molecule has 3 aromatic heterocycles. The van der Waals surface area contributed by atoms with Gasteiger partial charge in [0.05, 0.1) is 11.9 Å². The van der Waals surface area contributed by atoms with E-state index < -0.39 is 0 Å². The van der Waals surface area contributed by atoms with Gasteiger partial charge in [0.15, 0.2) is 11.5 Å². The monoisotopic (exact) mass is 261 g/mol. The maximum Gasteiger partial charge on any atom is 0.157 e. The lowest BCUT2D eigenvalue weighted by atomic mass is 10.2. The molecule has 1 N–H and O–H groups in total. The Morgan fingerprint density at radius 3 is 2.65 bits per heavy atom. The minimum absolute atomic E-state index is 0.752. The van der Waals surface area contributed by atoms with Crippen molar-refractivity contribution in [2.45, 2.75) is 0 Å².